The van der Waals surface area contributed by atoms with Crippen molar-refractivity contribution in [2.45, 2.75) is 25.7 Å². The first kappa shape index (κ1) is 15.9. The first-order valence-corrected chi connectivity index (χ1v) is 9.08. The molecule has 1 aliphatic heterocycles. The summed E-state index contributed by atoms with van der Waals surface area (Å²) in [5, 5.41) is 0.959. The minimum absolute atomic E-state index is 0.0480. The van der Waals surface area contributed by atoms with Gasteiger partial charge >= 0.3 is 0 Å². The van der Waals surface area contributed by atoms with Crippen LogP contribution in [0.2, 0.25) is 0 Å². The number of hydrogen-bond donors (Lipinski definition) is 1. The van der Waals surface area contributed by atoms with Crippen LogP contribution in [0.15, 0.2) is 42.1 Å². The minimum atomic E-state index is 0.0480. The van der Waals surface area contributed by atoms with Gasteiger partial charge in [0.15, 0.2) is 0 Å². The van der Waals surface area contributed by atoms with Crippen LogP contribution in [0.5, 0.6) is 0 Å². The van der Waals surface area contributed by atoms with Crippen LogP contribution in [-0.4, -0.2) is 52.8 Å². The molecule has 2 amide bonds. The van der Waals surface area contributed by atoms with E-state index < -0.39 is 0 Å². The molecular formula is C20H23N3O2. The fraction of sp³-hybridized carbons (Fsp3) is 0.400. The third-order valence-corrected chi connectivity index (χ3v) is 5.21. The Kier molecular flexibility index (Phi) is 4.30. The third-order valence-electron chi connectivity index (χ3n) is 5.21. The van der Waals surface area contributed by atoms with Gasteiger partial charge in [0.2, 0.25) is 5.91 Å². The Morgan fingerprint density at radius 3 is 2.44 bits per heavy atom. The van der Waals surface area contributed by atoms with Crippen molar-refractivity contribution in [3.63, 3.8) is 0 Å². The zero-order valence-electron chi connectivity index (χ0n) is 14.3. The number of nitrogens with one attached hydrogen (secondary N) is 1. The number of fused-ring (bicyclic) bond motifs is 1. The summed E-state index contributed by atoms with van der Waals surface area (Å²) in [6, 6.07) is 7.86. The number of allylic oxidation sites excluding steroid dienone is 1. The van der Waals surface area contributed by atoms with Crippen molar-refractivity contribution in [3.05, 3.63) is 47.7 Å². The van der Waals surface area contributed by atoms with Crippen molar-refractivity contribution in [1.82, 2.24) is 14.8 Å². The van der Waals surface area contributed by atoms with E-state index in [1.807, 2.05) is 34.1 Å². The van der Waals surface area contributed by atoms with Crippen LogP contribution >= 0.6 is 0 Å². The first-order valence-electron chi connectivity index (χ1n) is 9.08. The summed E-state index contributed by atoms with van der Waals surface area (Å²) in [5.74, 6) is 0.214. The predicted octanol–water partition coefficient (Wildman–Crippen LogP) is 2.95. The summed E-state index contributed by atoms with van der Waals surface area (Å²) < 4.78 is 0. The van der Waals surface area contributed by atoms with Crippen LogP contribution in [0.25, 0.3) is 10.9 Å². The number of aromatic amines is 1. The molecule has 0 atom stereocenters. The van der Waals surface area contributed by atoms with Crippen molar-refractivity contribution in [2.75, 3.05) is 26.2 Å². The Labute approximate surface area is 147 Å². The molecule has 5 nitrogen and oxygen atoms in total. The van der Waals surface area contributed by atoms with E-state index in [2.05, 4.69) is 11.1 Å². The number of carbonyl (C=O) groups is 2. The molecule has 1 N–H and O–H groups in total. The number of hydrogen-bond acceptors (Lipinski definition) is 2. The average Bonchev–Trinajstić information content (AvgIpc) is 3.25. The monoisotopic (exact) mass is 337 g/mol. The maximum Gasteiger partial charge on any atom is 0.256 e. The van der Waals surface area contributed by atoms with E-state index in [9.17, 15) is 9.59 Å². The molecule has 0 bridgehead atoms. The number of aromatic nitrogens is 1. The molecule has 1 fully saturated rings. The van der Waals surface area contributed by atoms with Gasteiger partial charge in [0.25, 0.3) is 5.91 Å². The summed E-state index contributed by atoms with van der Waals surface area (Å²) in [4.78, 5) is 32.5. The lowest BCUT2D eigenvalue weighted by molar-refractivity contribution is -0.127. The molecule has 4 rings (SSSR count). The number of H-pyrrole nitrogens is 1. The van der Waals surface area contributed by atoms with Gasteiger partial charge in [0.1, 0.15) is 0 Å². The molecule has 1 aromatic heterocycles. The highest BCUT2D eigenvalue weighted by molar-refractivity contribution is 6.06. The third kappa shape index (κ3) is 3.06. The van der Waals surface area contributed by atoms with E-state index in [0.29, 0.717) is 25.2 Å². The van der Waals surface area contributed by atoms with Gasteiger partial charge < -0.3 is 14.8 Å². The van der Waals surface area contributed by atoms with Crippen LogP contribution in [0.3, 0.4) is 0 Å². The molecule has 1 aromatic carbocycles. The van der Waals surface area contributed by atoms with Crippen molar-refractivity contribution >= 4 is 22.7 Å². The lowest BCUT2D eigenvalue weighted by Crippen LogP contribution is -2.37. The van der Waals surface area contributed by atoms with Gasteiger partial charge in [0.05, 0.1) is 5.56 Å². The Balaban J connectivity index is 1.47. The van der Waals surface area contributed by atoms with Crippen LogP contribution in [0.1, 0.15) is 36.0 Å². The fourth-order valence-electron chi connectivity index (χ4n) is 3.81. The topological polar surface area (TPSA) is 56.4 Å². The van der Waals surface area contributed by atoms with Crippen molar-refractivity contribution in [2.24, 2.45) is 0 Å². The van der Waals surface area contributed by atoms with Crippen LogP contribution < -0.4 is 0 Å². The van der Waals surface area contributed by atoms with E-state index in [4.69, 9.17) is 0 Å². The molecule has 1 saturated heterocycles. The highest BCUT2D eigenvalue weighted by Gasteiger charge is 2.26. The van der Waals surface area contributed by atoms with Crippen LogP contribution in [-0.2, 0) is 4.79 Å². The van der Waals surface area contributed by atoms with Gasteiger partial charge in [-0.25, -0.2) is 0 Å². The molecule has 0 saturated carbocycles. The van der Waals surface area contributed by atoms with Crippen molar-refractivity contribution < 1.29 is 9.59 Å². The van der Waals surface area contributed by atoms with Gasteiger partial charge in [-0.15, -0.1) is 0 Å². The number of amides is 2. The zero-order chi connectivity index (χ0) is 17.2. The smallest absolute Gasteiger partial charge is 0.256 e. The summed E-state index contributed by atoms with van der Waals surface area (Å²) >= 11 is 0. The van der Waals surface area contributed by atoms with E-state index in [-0.39, 0.29) is 11.8 Å². The van der Waals surface area contributed by atoms with Crippen molar-refractivity contribution in [1.29, 1.82) is 0 Å². The van der Waals surface area contributed by atoms with E-state index in [0.717, 1.165) is 48.7 Å². The Morgan fingerprint density at radius 1 is 0.920 bits per heavy atom. The van der Waals surface area contributed by atoms with Crippen molar-refractivity contribution in [3.8, 4) is 0 Å². The maximum atomic E-state index is 13.0. The second-order valence-corrected chi connectivity index (χ2v) is 6.81. The average molecular weight is 337 g/mol. The number of benzene rings is 1. The van der Waals surface area contributed by atoms with Gasteiger partial charge in [-0.1, -0.05) is 24.3 Å². The molecule has 130 valence electrons. The quantitative estimate of drug-likeness (QED) is 0.916. The second kappa shape index (κ2) is 6.75. The summed E-state index contributed by atoms with van der Waals surface area (Å²) in [6.07, 6.45) is 7.69. The van der Waals surface area contributed by atoms with Gasteiger partial charge in [0, 0.05) is 48.9 Å². The van der Waals surface area contributed by atoms with Gasteiger partial charge in [-0.2, -0.15) is 0 Å². The fourth-order valence-corrected chi connectivity index (χ4v) is 3.81. The summed E-state index contributed by atoms with van der Waals surface area (Å²) in [5.41, 5.74) is 2.65. The number of carbonyl (C=O) groups excluding carboxylic acids is 2. The summed E-state index contributed by atoms with van der Waals surface area (Å²) in [6.45, 7) is 2.64. The lowest BCUT2D eigenvalue weighted by Gasteiger charge is -2.22. The molecule has 1 aliphatic carbocycles. The van der Waals surface area contributed by atoms with E-state index >= 15 is 0 Å². The first-order chi connectivity index (χ1) is 12.2. The van der Waals surface area contributed by atoms with E-state index in [1.54, 1.807) is 6.20 Å². The molecular weight excluding hydrogens is 314 g/mol. The number of nitrogens with zero attached hydrogens (tertiary/aromatic N) is 2. The Bertz CT molecular complexity index is 836. The molecule has 0 radical (unpaired) electrons. The maximum absolute atomic E-state index is 13.0. The molecule has 2 aliphatic rings. The predicted molar refractivity (Wildman–Crippen MR) is 97.3 cm³/mol. The highest BCUT2D eigenvalue weighted by Crippen LogP contribution is 2.22. The number of para-hydroxylation sites is 1. The number of rotatable bonds is 2. The van der Waals surface area contributed by atoms with Crippen LogP contribution in [0.4, 0.5) is 0 Å². The lowest BCUT2D eigenvalue weighted by atomic mass is 10.1. The molecule has 0 spiro atoms. The molecule has 5 heteroatoms. The highest BCUT2D eigenvalue weighted by atomic mass is 16.2. The normalized spacial score (nSPS) is 18.3. The van der Waals surface area contributed by atoms with Gasteiger partial charge in [-0.3, -0.25) is 9.59 Å². The van der Waals surface area contributed by atoms with Crippen LogP contribution in [0, 0.1) is 0 Å². The van der Waals surface area contributed by atoms with E-state index in [1.165, 1.54) is 0 Å². The molecule has 2 heterocycles. The Hall–Kier alpha value is -2.56. The zero-order valence-corrected chi connectivity index (χ0v) is 14.3. The molecule has 2 aromatic rings. The van der Waals surface area contributed by atoms with Gasteiger partial charge in [-0.05, 0) is 31.7 Å². The molecule has 0 unspecified atom stereocenters. The SMILES string of the molecule is O=C(C1=CCCC1)N1CCCN(C(=O)c2c[nH]c3ccccc23)CC1. The second-order valence-electron chi connectivity index (χ2n) is 6.81. The summed E-state index contributed by atoms with van der Waals surface area (Å²) in [7, 11) is 0. The molecule has 25 heavy (non-hydrogen) atoms. The largest absolute Gasteiger partial charge is 0.360 e. The standard InChI is InChI=1S/C20H23N3O2/c24-19(15-6-1-2-7-15)22-10-5-11-23(13-12-22)20(25)17-14-21-18-9-4-3-8-16(17)18/h3-4,6,8-9,14,21H,1-2,5,7,10-13H2. The Morgan fingerprint density at radius 2 is 1.68 bits per heavy atom. The minimum Gasteiger partial charge on any atom is -0.360 e.